The van der Waals surface area contributed by atoms with Crippen LogP contribution in [0.5, 0.6) is 0 Å². The molecule has 4 nitrogen and oxygen atoms in total. The molecule has 1 aromatic carbocycles. The first-order valence-corrected chi connectivity index (χ1v) is 7.20. The molecule has 1 saturated carbocycles. The zero-order valence-corrected chi connectivity index (χ0v) is 11.8. The maximum Gasteiger partial charge on any atom is 0.251 e. The molecule has 0 saturated heterocycles. The van der Waals surface area contributed by atoms with Crippen molar-refractivity contribution in [2.24, 2.45) is 5.73 Å². The molecule has 0 radical (unpaired) electrons. The van der Waals surface area contributed by atoms with Gasteiger partial charge in [-0.1, -0.05) is 6.08 Å². The SMILES string of the molecule is C=CCNC(=O)c1ccc(NC2CCC(N)CC2)cc1. The van der Waals surface area contributed by atoms with Crippen molar-refractivity contribution in [2.75, 3.05) is 11.9 Å². The number of hydrogen-bond donors (Lipinski definition) is 3. The predicted molar refractivity (Wildman–Crippen MR) is 82.8 cm³/mol. The molecule has 4 heteroatoms. The average Bonchev–Trinajstić information content (AvgIpc) is 2.48. The van der Waals surface area contributed by atoms with Crippen LogP contribution in [0.15, 0.2) is 36.9 Å². The molecule has 0 bridgehead atoms. The highest BCUT2D eigenvalue weighted by Gasteiger charge is 2.18. The molecular weight excluding hydrogens is 250 g/mol. The average molecular weight is 273 g/mol. The number of rotatable bonds is 5. The number of nitrogens with one attached hydrogen (secondary N) is 2. The lowest BCUT2D eigenvalue weighted by atomic mass is 9.91. The van der Waals surface area contributed by atoms with E-state index in [1.165, 1.54) is 0 Å². The van der Waals surface area contributed by atoms with Crippen molar-refractivity contribution in [1.82, 2.24) is 5.32 Å². The molecular formula is C16H23N3O. The van der Waals surface area contributed by atoms with E-state index in [0.717, 1.165) is 31.4 Å². The summed E-state index contributed by atoms with van der Waals surface area (Å²) in [5.74, 6) is -0.0694. The summed E-state index contributed by atoms with van der Waals surface area (Å²) in [7, 11) is 0. The summed E-state index contributed by atoms with van der Waals surface area (Å²) in [4.78, 5) is 11.7. The van der Waals surface area contributed by atoms with E-state index in [-0.39, 0.29) is 5.91 Å². The third-order valence-electron chi connectivity index (χ3n) is 3.70. The molecule has 1 aliphatic rings. The van der Waals surface area contributed by atoms with Crippen molar-refractivity contribution in [2.45, 2.75) is 37.8 Å². The van der Waals surface area contributed by atoms with Gasteiger partial charge in [0.05, 0.1) is 0 Å². The Labute approximate surface area is 120 Å². The summed E-state index contributed by atoms with van der Waals surface area (Å²) in [5.41, 5.74) is 7.63. The van der Waals surface area contributed by atoms with Gasteiger partial charge in [0.25, 0.3) is 5.91 Å². The van der Waals surface area contributed by atoms with E-state index in [0.29, 0.717) is 24.2 Å². The maximum absolute atomic E-state index is 11.7. The van der Waals surface area contributed by atoms with E-state index in [1.54, 1.807) is 6.08 Å². The van der Waals surface area contributed by atoms with Crippen LogP contribution in [0.1, 0.15) is 36.0 Å². The van der Waals surface area contributed by atoms with Gasteiger partial charge in [0.1, 0.15) is 0 Å². The first kappa shape index (κ1) is 14.6. The van der Waals surface area contributed by atoms with Gasteiger partial charge in [0.2, 0.25) is 0 Å². The number of anilines is 1. The molecule has 0 aliphatic heterocycles. The van der Waals surface area contributed by atoms with Gasteiger partial charge in [-0.05, 0) is 49.9 Å². The Balaban J connectivity index is 1.88. The third-order valence-corrected chi connectivity index (χ3v) is 3.70. The normalized spacial score (nSPS) is 22.1. The molecule has 4 N–H and O–H groups in total. The molecule has 1 amide bonds. The van der Waals surface area contributed by atoms with Crippen molar-refractivity contribution in [1.29, 1.82) is 0 Å². The molecule has 1 aromatic rings. The van der Waals surface area contributed by atoms with Crippen LogP contribution in [0.3, 0.4) is 0 Å². The fourth-order valence-electron chi connectivity index (χ4n) is 2.48. The van der Waals surface area contributed by atoms with Crippen LogP contribution in [0, 0.1) is 0 Å². The van der Waals surface area contributed by atoms with E-state index in [1.807, 2.05) is 24.3 Å². The molecule has 20 heavy (non-hydrogen) atoms. The summed E-state index contributed by atoms with van der Waals surface area (Å²) >= 11 is 0. The number of nitrogens with two attached hydrogens (primary N) is 1. The van der Waals surface area contributed by atoms with Crippen molar-refractivity contribution in [3.63, 3.8) is 0 Å². The second kappa shape index (κ2) is 7.10. The maximum atomic E-state index is 11.7. The molecule has 0 atom stereocenters. The monoisotopic (exact) mass is 273 g/mol. The van der Waals surface area contributed by atoms with Crippen molar-refractivity contribution in [3.05, 3.63) is 42.5 Å². The lowest BCUT2D eigenvalue weighted by Gasteiger charge is -2.27. The Kier molecular flexibility index (Phi) is 5.18. The molecule has 108 valence electrons. The highest BCUT2D eigenvalue weighted by molar-refractivity contribution is 5.94. The summed E-state index contributed by atoms with van der Waals surface area (Å²) in [6.45, 7) is 4.06. The summed E-state index contributed by atoms with van der Waals surface area (Å²) in [5, 5.41) is 6.27. The van der Waals surface area contributed by atoms with Gasteiger partial charge < -0.3 is 16.4 Å². The lowest BCUT2D eigenvalue weighted by molar-refractivity contribution is 0.0958. The number of amides is 1. The molecule has 2 rings (SSSR count). The van der Waals surface area contributed by atoms with Gasteiger partial charge in [-0.2, -0.15) is 0 Å². The molecule has 1 fully saturated rings. The van der Waals surface area contributed by atoms with Gasteiger partial charge in [-0.3, -0.25) is 4.79 Å². The van der Waals surface area contributed by atoms with Gasteiger partial charge in [0.15, 0.2) is 0 Å². The van der Waals surface area contributed by atoms with Crippen LogP contribution in [0.25, 0.3) is 0 Å². The number of hydrogen-bond acceptors (Lipinski definition) is 3. The predicted octanol–water partition coefficient (Wildman–Crippen LogP) is 2.28. The number of carbonyl (C=O) groups excluding carboxylic acids is 1. The zero-order valence-electron chi connectivity index (χ0n) is 11.8. The minimum absolute atomic E-state index is 0.0694. The molecule has 0 spiro atoms. The van der Waals surface area contributed by atoms with E-state index in [2.05, 4.69) is 17.2 Å². The quantitative estimate of drug-likeness (QED) is 0.721. The molecule has 0 heterocycles. The second-order valence-electron chi connectivity index (χ2n) is 5.33. The van der Waals surface area contributed by atoms with Crippen molar-refractivity contribution < 1.29 is 4.79 Å². The van der Waals surface area contributed by atoms with Crippen LogP contribution in [0.2, 0.25) is 0 Å². The van der Waals surface area contributed by atoms with Crippen LogP contribution in [0.4, 0.5) is 5.69 Å². The van der Waals surface area contributed by atoms with Crippen LogP contribution in [-0.2, 0) is 0 Å². The molecule has 0 unspecified atom stereocenters. The smallest absolute Gasteiger partial charge is 0.251 e. The van der Waals surface area contributed by atoms with Gasteiger partial charge in [-0.15, -0.1) is 6.58 Å². The van der Waals surface area contributed by atoms with Crippen LogP contribution in [-0.4, -0.2) is 24.5 Å². The van der Waals surface area contributed by atoms with Gasteiger partial charge in [0, 0.05) is 29.9 Å². The Morgan fingerprint density at radius 1 is 1.25 bits per heavy atom. The van der Waals surface area contributed by atoms with Crippen molar-refractivity contribution >= 4 is 11.6 Å². The van der Waals surface area contributed by atoms with Gasteiger partial charge >= 0.3 is 0 Å². The third kappa shape index (κ3) is 4.10. The Bertz CT molecular complexity index is 447. The number of carbonyl (C=O) groups is 1. The first-order chi connectivity index (χ1) is 9.69. The van der Waals surface area contributed by atoms with Crippen molar-refractivity contribution in [3.8, 4) is 0 Å². The van der Waals surface area contributed by atoms with Gasteiger partial charge in [-0.25, -0.2) is 0 Å². The van der Waals surface area contributed by atoms with E-state index < -0.39 is 0 Å². The topological polar surface area (TPSA) is 67.2 Å². The molecule has 0 aromatic heterocycles. The first-order valence-electron chi connectivity index (χ1n) is 7.20. The van der Waals surface area contributed by atoms with Crippen LogP contribution >= 0.6 is 0 Å². The van der Waals surface area contributed by atoms with E-state index in [4.69, 9.17) is 5.73 Å². The Morgan fingerprint density at radius 3 is 2.50 bits per heavy atom. The Morgan fingerprint density at radius 2 is 1.90 bits per heavy atom. The summed E-state index contributed by atoms with van der Waals surface area (Å²) in [6, 6.07) is 8.46. The fraction of sp³-hybridized carbons (Fsp3) is 0.438. The highest BCUT2D eigenvalue weighted by atomic mass is 16.1. The minimum Gasteiger partial charge on any atom is -0.382 e. The minimum atomic E-state index is -0.0694. The summed E-state index contributed by atoms with van der Waals surface area (Å²) < 4.78 is 0. The standard InChI is InChI=1S/C16H23N3O/c1-2-11-18-16(20)12-3-7-14(8-4-12)19-15-9-5-13(17)6-10-15/h2-4,7-8,13,15,19H,1,5-6,9-11,17H2,(H,18,20). The molecule has 1 aliphatic carbocycles. The van der Waals surface area contributed by atoms with E-state index in [9.17, 15) is 4.79 Å². The number of benzene rings is 1. The highest BCUT2D eigenvalue weighted by Crippen LogP contribution is 2.21. The second-order valence-corrected chi connectivity index (χ2v) is 5.33. The summed E-state index contributed by atoms with van der Waals surface area (Å²) in [6.07, 6.45) is 6.06. The lowest BCUT2D eigenvalue weighted by Crippen LogP contribution is -2.32. The Hall–Kier alpha value is -1.81. The fourth-order valence-corrected chi connectivity index (χ4v) is 2.48. The van der Waals surface area contributed by atoms with Crippen LogP contribution < -0.4 is 16.4 Å². The van der Waals surface area contributed by atoms with E-state index >= 15 is 0 Å². The zero-order chi connectivity index (χ0) is 14.4. The largest absolute Gasteiger partial charge is 0.382 e.